The molecule has 0 atom stereocenters. The Morgan fingerprint density at radius 1 is 0.274 bits per heavy atom. The van der Waals surface area contributed by atoms with Crippen molar-refractivity contribution in [1.82, 2.24) is 0 Å². The standard InChI is InChI=1S/2C30H53NO11/c2*1-3-4-9-31-29-7-5-28(6-8-29)30(32)42-27-26-41-25-24-40-23-22-39-21-20-38-19-18-37-17-16-36-15-14-35-13-12-34-11-10-33-2/h2*5-8,31H,3-4,9-27H2,1-2H3. The number of ether oxygens (including phenoxy) is 20. The van der Waals surface area contributed by atoms with Gasteiger partial charge in [-0.15, -0.1) is 0 Å². The van der Waals surface area contributed by atoms with Crippen molar-refractivity contribution in [2.75, 3.05) is 276 Å². The van der Waals surface area contributed by atoms with E-state index in [2.05, 4.69) is 24.5 Å². The van der Waals surface area contributed by atoms with Crippen LogP contribution in [0.3, 0.4) is 0 Å². The highest BCUT2D eigenvalue weighted by atomic mass is 16.6. The molecule has 84 heavy (non-hydrogen) atoms. The van der Waals surface area contributed by atoms with E-state index in [1.165, 1.54) is 0 Å². The van der Waals surface area contributed by atoms with Gasteiger partial charge in [0.05, 0.1) is 236 Å². The summed E-state index contributed by atoms with van der Waals surface area (Å²) < 4.78 is 107. The lowest BCUT2D eigenvalue weighted by atomic mass is 10.2. The summed E-state index contributed by atoms with van der Waals surface area (Å²) in [5.41, 5.74) is 3.04. The van der Waals surface area contributed by atoms with E-state index in [9.17, 15) is 9.59 Å². The van der Waals surface area contributed by atoms with Crippen LogP contribution in [0.4, 0.5) is 11.4 Å². The van der Waals surface area contributed by atoms with Crippen LogP contribution in [0.5, 0.6) is 0 Å². The average molecular weight is 1210 g/mol. The first-order valence-corrected chi connectivity index (χ1v) is 29.8. The second-order valence-corrected chi connectivity index (χ2v) is 17.8. The van der Waals surface area contributed by atoms with Gasteiger partial charge in [0, 0.05) is 38.7 Å². The number of hydrogen-bond donors (Lipinski definition) is 2. The van der Waals surface area contributed by atoms with Crippen LogP contribution in [-0.4, -0.2) is 277 Å². The Morgan fingerprint density at radius 2 is 0.452 bits per heavy atom. The molecule has 0 aliphatic rings. The zero-order valence-corrected chi connectivity index (χ0v) is 51.3. The molecule has 0 heterocycles. The minimum Gasteiger partial charge on any atom is -0.460 e. The van der Waals surface area contributed by atoms with Crippen LogP contribution in [0, 0.1) is 0 Å². The molecule has 0 bridgehead atoms. The third-order valence-electron chi connectivity index (χ3n) is 11.0. The molecule has 2 aromatic carbocycles. The largest absolute Gasteiger partial charge is 0.460 e. The molecule has 0 saturated heterocycles. The maximum atomic E-state index is 12.1. The van der Waals surface area contributed by atoms with Crippen molar-refractivity contribution in [1.29, 1.82) is 0 Å². The summed E-state index contributed by atoms with van der Waals surface area (Å²) in [4.78, 5) is 24.2. The molecule has 0 aliphatic carbocycles. The Kier molecular flexibility index (Phi) is 60.8. The van der Waals surface area contributed by atoms with Gasteiger partial charge in [-0.2, -0.15) is 0 Å². The quantitative estimate of drug-likeness (QED) is 0.0599. The van der Waals surface area contributed by atoms with E-state index in [-0.39, 0.29) is 25.2 Å². The van der Waals surface area contributed by atoms with Gasteiger partial charge in [0.2, 0.25) is 0 Å². The van der Waals surface area contributed by atoms with Gasteiger partial charge in [0.1, 0.15) is 13.2 Å². The van der Waals surface area contributed by atoms with Crippen LogP contribution in [-0.2, 0) is 94.7 Å². The number of nitrogens with one attached hydrogen (secondary N) is 2. The molecule has 0 aromatic heterocycles. The number of carbonyl (C=O) groups is 2. The van der Waals surface area contributed by atoms with E-state index < -0.39 is 0 Å². The van der Waals surface area contributed by atoms with E-state index in [0.29, 0.717) is 236 Å². The number of esters is 2. The maximum Gasteiger partial charge on any atom is 0.338 e. The zero-order chi connectivity index (χ0) is 60.4. The molecule has 0 fully saturated rings. The Bertz CT molecular complexity index is 1540. The first-order valence-electron chi connectivity index (χ1n) is 29.8. The molecular weight excluding hydrogens is 1100 g/mol. The molecule has 2 N–H and O–H groups in total. The lowest BCUT2D eigenvalue weighted by molar-refractivity contribution is -0.0253. The highest BCUT2D eigenvalue weighted by Crippen LogP contribution is 2.12. The van der Waals surface area contributed by atoms with Crippen LogP contribution in [0.25, 0.3) is 0 Å². The van der Waals surface area contributed by atoms with Crippen LogP contribution < -0.4 is 10.6 Å². The molecule has 2 aromatic rings. The summed E-state index contributed by atoms with van der Waals surface area (Å²) >= 11 is 0. The van der Waals surface area contributed by atoms with Gasteiger partial charge in [0.15, 0.2) is 0 Å². The number of unbranched alkanes of at least 4 members (excludes halogenated alkanes) is 2. The van der Waals surface area contributed by atoms with Gasteiger partial charge in [-0.25, -0.2) is 9.59 Å². The minimum atomic E-state index is -0.358. The molecule has 0 spiro atoms. The number of methoxy groups -OCH3 is 2. The molecular formula is C60H106N2O22. The topological polar surface area (TPSA) is 243 Å². The predicted molar refractivity (Wildman–Crippen MR) is 317 cm³/mol. The van der Waals surface area contributed by atoms with Gasteiger partial charge in [-0.3, -0.25) is 0 Å². The fourth-order valence-corrected chi connectivity index (χ4v) is 6.39. The average Bonchev–Trinajstić information content (AvgIpc) is 3.61. The molecule has 0 aliphatic heterocycles. The summed E-state index contributed by atoms with van der Waals surface area (Å²) in [5, 5.41) is 6.63. The predicted octanol–water partition coefficient (Wildman–Crippen LogP) is 5.67. The Morgan fingerprint density at radius 3 is 0.631 bits per heavy atom. The molecule has 488 valence electrons. The zero-order valence-electron chi connectivity index (χ0n) is 51.3. The first kappa shape index (κ1) is 78.3. The number of anilines is 2. The highest BCUT2D eigenvalue weighted by Gasteiger charge is 2.09. The second kappa shape index (κ2) is 65.2. The van der Waals surface area contributed by atoms with Crippen LogP contribution in [0.1, 0.15) is 60.2 Å². The lowest BCUT2D eigenvalue weighted by Crippen LogP contribution is -2.15. The second-order valence-electron chi connectivity index (χ2n) is 17.8. The van der Waals surface area contributed by atoms with Gasteiger partial charge < -0.3 is 105 Å². The molecule has 24 heteroatoms. The van der Waals surface area contributed by atoms with E-state index in [1.807, 2.05) is 24.3 Å². The fraction of sp³-hybridized carbons (Fsp3) is 0.767. The Labute approximate surface area is 501 Å². The van der Waals surface area contributed by atoms with Crippen molar-refractivity contribution >= 4 is 23.3 Å². The highest BCUT2D eigenvalue weighted by molar-refractivity contribution is 5.90. The maximum absolute atomic E-state index is 12.1. The number of hydrogen-bond acceptors (Lipinski definition) is 24. The molecule has 24 nitrogen and oxygen atoms in total. The summed E-state index contributed by atoms with van der Waals surface area (Å²) in [7, 11) is 3.29. The molecule has 2 rings (SSSR count). The van der Waals surface area contributed by atoms with Gasteiger partial charge in [-0.05, 0) is 61.4 Å². The van der Waals surface area contributed by atoms with Crippen LogP contribution in [0.2, 0.25) is 0 Å². The van der Waals surface area contributed by atoms with Crippen molar-refractivity contribution in [2.45, 2.75) is 39.5 Å². The summed E-state index contributed by atoms with van der Waals surface area (Å²) in [6.07, 6.45) is 4.50. The Hall–Kier alpha value is -3.74. The summed E-state index contributed by atoms with van der Waals surface area (Å²) in [6.45, 7) is 23.5. The summed E-state index contributed by atoms with van der Waals surface area (Å²) in [5.74, 6) is -0.717. The van der Waals surface area contributed by atoms with Gasteiger partial charge in [-0.1, -0.05) is 26.7 Å². The molecule has 0 unspecified atom stereocenters. The number of carbonyl (C=O) groups excluding carboxylic acids is 2. The normalized spacial score (nSPS) is 11.2. The number of benzene rings is 2. The Balaban J connectivity index is 0.000000840. The van der Waals surface area contributed by atoms with E-state index in [4.69, 9.17) is 94.7 Å². The van der Waals surface area contributed by atoms with Crippen molar-refractivity contribution in [3.63, 3.8) is 0 Å². The van der Waals surface area contributed by atoms with E-state index >= 15 is 0 Å². The molecule has 0 amide bonds. The number of rotatable bonds is 64. The van der Waals surface area contributed by atoms with E-state index in [0.717, 1.165) is 50.1 Å². The third-order valence-corrected chi connectivity index (χ3v) is 11.0. The molecule has 0 saturated carbocycles. The third kappa shape index (κ3) is 54.9. The van der Waals surface area contributed by atoms with Crippen molar-refractivity contribution in [3.05, 3.63) is 59.7 Å². The minimum absolute atomic E-state index is 0.194. The smallest absolute Gasteiger partial charge is 0.338 e. The van der Waals surface area contributed by atoms with Crippen molar-refractivity contribution in [2.24, 2.45) is 0 Å². The SMILES string of the molecule is CCCCNc1ccc(C(=O)OCCOCCOCCOCCOCCOCCOCCOCCOCCOC)cc1.CCCCNc1ccc(C(=O)OCCOCCOCCOCCOCCOCCOCCOCCOCCOC)cc1. The van der Waals surface area contributed by atoms with Gasteiger partial charge >= 0.3 is 11.9 Å². The monoisotopic (exact) mass is 1210 g/mol. The van der Waals surface area contributed by atoms with Crippen LogP contribution >= 0.6 is 0 Å². The first-order chi connectivity index (χ1) is 41.5. The van der Waals surface area contributed by atoms with Crippen molar-refractivity contribution in [3.8, 4) is 0 Å². The summed E-state index contributed by atoms with van der Waals surface area (Å²) in [6, 6.07) is 14.6. The van der Waals surface area contributed by atoms with E-state index in [1.54, 1.807) is 38.5 Å². The lowest BCUT2D eigenvalue weighted by Gasteiger charge is -2.09. The van der Waals surface area contributed by atoms with Crippen LogP contribution in [0.15, 0.2) is 48.5 Å². The van der Waals surface area contributed by atoms with Gasteiger partial charge in [0.25, 0.3) is 0 Å². The molecule has 0 radical (unpaired) electrons. The fourth-order valence-electron chi connectivity index (χ4n) is 6.39. The van der Waals surface area contributed by atoms with Crippen molar-refractivity contribution < 1.29 is 104 Å².